The molecule has 2 N–H and O–H groups in total. The lowest BCUT2D eigenvalue weighted by Crippen LogP contribution is -2.11. The van der Waals surface area contributed by atoms with Crippen LogP contribution < -0.4 is 5.73 Å². The fourth-order valence-corrected chi connectivity index (χ4v) is 1.42. The third-order valence-electron chi connectivity index (χ3n) is 2.33. The van der Waals surface area contributed by atoms with Crippen molar-refractivity contribution in [2.24, 2.45) is 0 Å². The van der Waals surface area contributed by atoms with Gasteiger partial charge in [0.05, 0.1) is 17.7 Å². The highest BCUT2D eigenvalue weighted by molar-refractivity contribution is 5.95. The van der Waals surface area contributed by atoms with Crippen molar-refractivity contribution in [2.75, 3.05) is 12.3 Å². The lowest BCUT2D eigenvalue weighted by Gasteiger charge is -2.05. The zero-order chi connectivity index (χ0) is 13.5. The average Bonchev–Trinajstić information content (AvgIpc) is 2.33. The maximum Gasteiger partial charge on any atom is 0.346 e. The Morgan fingerprint density at radius 3 is 2.83 bits per heavy atom. The zero-order valence-electron chi connectivity index (χ0n) is 10.1. The van der Waals surface area contributed by atoms with Crippen molar-refractivity contribution in [3.05, 3.63) is 28.1 Å². The van der Waals surface area contributed by atoms with Crippen molar-refractivity contribution < 1.29 is 14.5 Å². The molecule has 1 aromatic rings. The molecule has 0 atom stereocenters. The molecule has 0 bridgehead atoms. The van der Waals surface area contributed by atoms with Gasteiger partial charge in [-0.25, -0.2) is 4.79 Å². The van der Waals surface area contributed by atoms with Gasteiger partial charge >= 0.3 is 11.7 Å². The molecular formula is C11H15N3O4. The molecule has 1 aromatic heterocycles. The number of carbonyl (C=O) groups is 1. The predicted octanol–water partition coefficient (Wildman–Crippen LogP) is 1.92. The maximum atomic E-state index is 11.7. The number of rotatable bonds is 6. The Hall–Kier alpha value is -2.18. The standard InChI is InChI=1S/C11H15N3O4/c1-2-3-4-5-18-11(15)8-6-13-7-9(12)10(8)14(16)17/h6-7H,2-5,12H2,1H3. The maximum absolute atomic E-state index is 11.7. The number of hydrogen-bond acceptors (Lipinski definition) is 6. The van der Waals surface area contributed by atoms with Gasteiger partial charge < -0.3 is 10.5 Å². The molecule has 0 amide bonds. The van der Waals surface area contributed by atoms with E-state index in [1.165, 1.54) is 0 Å². The monoisotopic (exact) mass is 253 g/mol. The molecule has 0 unspecified atom stereocenters. The summed E-state index contributed by atoms with van der Waals surface area (Å²) in [5, 5.41) is 10.8. The summed E-state index contributed by atoms with van der Waals surface area (Å²) in [6, 6.07) is 0. The van der Waals surface area contributed by atoms with Crippen molar-refractivity contribution >= 4 is 17.3 Å². The molecule has 0 radical (unpaired) electrons. The van der Waals surface area contributed by atoms with Crippen molar-refractivity contribution in [1.29, 1.82) is 0 Å². The van der Waals surface area contributed by atoms with E-state index >= 15 is 0 Å². The summed E-state index contributed by atoms with van der Waals surface area (Å²) in [6.07, 6.45) is 4.89. The largest absolute Gasteiger partial charge is 0.462 e. The van der Waals surface area contributed by atoms with Crippen molar-refractivity contribution in [2.45, 2.75) is 26.2 Å². The highest BCUT2D eigenvalue weighted by Gasteiger charge is 2.24. The first-order chi connectivity index (χ1) is 8.57. The van der Waals surface area contributed by atoms with Gasteiger partial charge in [0, 0.05) is 6.20 Å². The molecule has 0 aromatic carbocycles. The fourth-order valence-electron chi connectivity index (χ4n) is 1.42. The van der Waals surface area contributed by atoms with Crippen molar-refractivity contribution in [3.63, 3.8) is 0 Å². The summed E-state index contributed by atoms with van der Waals surface area (Å²) in [5.41, 5.74) is 4.61. The number of anilines is 1. The quantitative estimate of drug-likeness (QED) is 0.359. The predicted molar refractivity (Wildman–Crippen MR) is 65.1 cm³/mol. The lowest BCUT2D eigenvalue weighted by molar-refractivity contribution is -0.384. The minimum atomic E-state index is -0.766. The highest BCUT2D eigenvalue weighted by atomic mass is 16.6. The molecule has 0 aliphatic heterocycles. The van der Waals surface area contributed by atoms with Gasteiger partial charge in [-0.15, -0.1) is 0 Å². The van der Waals surface area contributed by atoms with E-state index in [2.05, 4.69) is 4.98 Å². The molecule has 0 aliphatic rings. The van der Waals surface area contributed by atoms with Crippen LogP contribution >= 0.6 is 0 Å². The van der Waals surface area contributed by atoms with Gasteiger partial charge in [0.15, 0.2) is 5.56 Å². The third kappa shape index (κ3) is 3.41. The van der Waals surface area contributed by atoms with E-state index < -0.39 is 16.6 Å². The van der Waals surface area contributed by atoms with Gasteiger partial charge in [-0.3, -0.25) is 15.1 Å². The molecule has 0 fully saturated rings. The molecule has 0 aliphatic carbocycles. The molecule has 1 heterocycles. The second kappa shape index (κ2) is 6.53. The molecule has 7 nitrogen and oxygen atoms in total. The van der Waals surface area contributed by atoms with Crippen LogP contribution in [0.1, 0.15) is 36.5 Å². The number of esters is 1. The summed E-state index contributed by atoms with van der Waals surface area (Å²) in [6.45, 7) is 2.26. The SMILES string of the molecule is CCCCCOC(=O)c1cncc(N)c1[N+](=O)[O-]. The van der Waals surface area contributed by atoms with Crippen LogP contribution in [0.2, 0.25) is 0 Å². The van der Waals surface area contributed by atoms with Crippen LogP contribution in [-0.2, 0) is 4.74 Å². The topological polar surface area (TPSA) is 108 Å². The molecule has 98 valence electrons. The first-order valence-corrected chi connectivity index (χ1v) is 5.63. The molecule has 18 heavy (non-hydrogen) atoms. The Labute approximate surface area is 104 Å². The smallest absolute Gasteiger partial charge is 0.346 e. The Bertz CT molecular complexity index is 448. The fraction of sp³-hybridized carbons (Fsp3) is 0.455. The minimum absolute atomic E-state index is 0.150. The third-order valence-corrected chi connectivity index (χ3v) is 2.33. The lowest BCUT2D eigenvalue weighted by atomic mass is 10.2. The number of pyridine rings is 1. The molecular weight excluding hydrogens is 238 g/mol. The van der Waals surface area contributed by atoms with Gasteiger partial charge in [-0.2, -0.15) is 0 Å². The van der Waals surface area contributed by atoms with Gasteiger partial charge in [0.2, 0.25) is 0 Å². The summed E-state index contributed by atoms with van der Waals surface area (Å²) in [7, 11) is 0. The highest BCUT2D eigenvalue weighted by Crippen LogP contribution is 2.25. The van der Waals surface area contributed by atoms with E-state index in [1.807, 2.05) is 6.92 Å². The Balaban J connectivity index is 2.79. The minimum Gasteiger partial charge on any atom is -0.462 e. The Morgan fingerprint density at radius 2 is 2.22 bits per heavy atom. The van der Waals surface area contributed by atoms with E-state index in [9.17, 15) is 14.9 Å². The number of nitrogens with two attached hydrogens (primary N) is 1. The molecule has 0 saturated heterocycles. The summed E-state index contributed by atoms with van der Waals surface area (Å²) < 4.78 is 4.94. The van der Waals surface area contributed by atoms with E-state index in [4.69, 9.17) is 10.5 Å². The first-order valence-electron chi connectivity index (χ1n) is 5.63. The Kier molecular flexibility index (Phi) is 5.04. The van der Waals surface area contributed by atoms with Crippen LogP contribution in [0.15, 0.2) is 12.4 Å². The van der Waals surface area contributed by atoms with Crippen LogP contribution in [0.4, 0.5) is 11.4 Å². The van der Waals surface area contributed by atoms with E-state index in [-0.39, 0.29) is 17.9 Å². The number of carbonyl (C=O) groups excluding carboxylic acids is 1. The number of aromatic nitrogens is 1. The number of nitrogen functional groups attached to an aromatic ring is 1. The van der Waals surface area contributed by atoms with E-state index in [0.29, 0.717) is 0 Å². The normalized spacial score (nSPS) is 10.1. The molecule has 1 rings (SSSR count). The van der Waals surface area contributed by atoms with Crippen LogP contribution in [0.3, 0.4) is 0 Å². The number of unbranched alkanes of at least 4 members (excludes halogenated alkanes) is 2. The summed E-state index contributed by atoms with van der Waals surface area (Å²) in [4.78, 5) is 25.4. The zero-order valence-corrected chi connectivity index (χ0v) is 10.1. The number of nitro groups is 1. The van der Waals surface area contributed by atoms with Crippen LogP contribution in [0.25, 0.3) is 0 Å². The molecule has 0 spiro atoms. The van der Waals surface area contributed by atoms with Crippen LogP contribution in [0.5, 0.6) is 0 Å². The molecule has 0 saturated carbocycles. The van der Waals surface area contributed by atoms with E-state index in [0.717, 1.165) is 31.7 Å². The number of ether oxygens (including phenoxy) is 1. The van der Waals surface area contributed by atoms with Gasteiger partial charge in [0.1, 0.15) is 5.69 Å². The van der Waals surface area contributed by atoms with Gasteiger partial charge in [-0.1, -0.05) is 19.8 Å². The molecule has 7 heteroatoms. The number of nitrogens with zero attached hydrogens (tertiary/aromatic N) is 2. The summed E-state index contributed by atoms with van der Waals surface area (Å²) in [5.74, 6) is -0.766. The number of hydrogen-bond donors (Lipinski definition) is 1. The van der Waals surface area contributed by atoms with Gasteiger partial charge in [0.25, 0.3) is 0 Å². The second-order valence-electron chi connectivity index (χ2n) is 3.73. The van der Waals surface area contributed by atoms with Gasteiger partial charge in [-0.05, 0) is 6.42 Å². The first kappa shape index (κ1) is 13.9. The van der Waals surface area contributed by atoms with E-state index in [1.54, 1.807) is 0 Å². The van der Waals surface area contributed by atoms with Crippen LogP contribution in [0, 0.1) is 10.1 Å². The Morgan fingerprint density at radius 1 is 1.50 bits per heavy atom. The van der Waals surface area contributed by atoms with Crippen molar-refractivity contribution in [1.82, 2.24) is 4.98 Å². The second-order valence-corrected chi connectivity index (χ2v) is 3.73. The summed E-state index contributed by atoms with van der Waals surface area (Å²) >= 11 is 0. The average molecular weight is 253 g/mol. The van der Waals surface area contributed by atoms with Crippen molar-refractivity contribution in [3.8, 4) is 0 Å². The van der Waals surface area contributed by atoms with Crippen LogP contribution in [-0.4, -0.2) is 22.5 Å².